The molecule has 2 rings (SSSR count). The summed E-state index contributed by atoms with van der Waals surface area (Å²) in [7, 11) is 0. The van der Waals surface area contributed by atoms with Gasteiger partial charge >= 0.3 is 5.97 Å². The van der Waals surface area contributed by atoms with Gasteiger partial charge in [0.25, 0.3) is 0 Å². The Morgan fingerprint density at radius 3 is 3.00 bits per heavy atom. The topological polar surface area (TPSA) is 46.5 Å². The van der Waals surface area contributed by atoms with E-state index in [9.17, 15) is 9.18 Å². The van der Waals surface area contributed by atoms with Crippen LogP contribution in [0, 0.1) is 5.82 Å². The van der Waals surface area contributed by atoms with Gasteiger partial charge in [-0.3, -0.25) is 4.79 Å². The van der Waals surface area contributed by atoms with Gasteiger partial charge in [0.05, 0.1) is 0 Å². The third-order valence-corrected chi connectivity index (χ3v) is 2.85. The highest BCUT2D eigenvalue weighted by Crippen LogP contribution is 2.38. The average molecular weight is 224 g/mol. The van der Waals surface area contributed by atoms with Crippen LogP contribution < -0.4 is 4.74 Å². The minimum absolute atomic E-state index is 0.0338. The highest BCUT2D eigenvalue weighted by Gasteiger charge is 2.36. The van der Waals surface area contributed by atoms with E-state index in [-0.39, 0.29) is 12.2 Å². The van der Waals surface area contributed by atoms with Gasteiger partial charge in [-0.2, -0.15) is 0 Å². The van der Waals surface area contributed by atoms with Gasteiger partial charge in [-0.25, -0.2) is 4.39 Å². The van der Waals surface area contributed by atoms with E-state index in [0.29, 0.717) is 24.2 Å². The maximum atomic E-state index is 13.4. The van der Waals surface area contributed by atoms with Gasteiger partial charge in [0.2, 0.25) is 0 Å². The molecule has 1 aromatic carbocycles. The van der Waals surface area contributed by atoms with Crippen molar-refractivity contribution in [3.63, 3.8) is 0 Å². The number of halogens is 1. The molecule has 0 saturated heterocycles. The van der Waals surface area contributed by atoms with Crippen molar-refractivity contribution in [3.05, 3.63) is 29.6 Å². The monoisotopic (exact) mass is 224 g/mol. The van der Waals surface area contributed by atoms with Crippen LogP contribution in [0.1, 0.15) is 25.3 Å². The average Bonchev–Trinajstić information content (AvgIpc) is 2.55. The van der Waals surface area contributed by atoms with E-state index in [0.717, 1.165) is 0 Å². The van der Waals surface area contributed by atoms with E-state index in [1.54, 1.807) is 12.1 Å². The number of carbonyl (C=O) groups is 1. The fourth-order valence-corrected chi connectivity index (χ4v) is 1.99. The summed E-state index contributed by atoms with van der Waals surface area (Å²) in [5.74, 6) is -0.606. The number of benzene rings is 1. The van der Waals surface area contributed by atoms with Crippen LogP contribution in [0.5, 0.6) is 5.75 Å². The summed E-state index contributed by atoms with van der Waals surface area (Å²) in [6, 6.07) is 4.70. The zero-order valence-electron chi connectivity index (χ0n) is 9.00. The molecule has 1 N–H and O–H groups in total. The summed E-state index contributed by atoms with van der Waals surface area (Å²) in [5, 5.41) is 8.63. The van der Waals surface area contributed by atoms with Crippen LogP contribution in [-0.2, 0) is 11.2 Å². The number of fused-ring (bicyclic) bond motifs is 1. The molecule has 1 heterocycles. The van der Waals surface area contributed by atoms with Crippen molar-refractivity contribution in [3.8, 4) is 5.75 Å². The van der Waals surface area contributed by atoms with Crippen LogP contribution >= 0.6 is 0 Å². The van der Waals surface area contributed by atoms with Crippen molar-refractivity contribution < 1.29 is 19.0 Å². The molecule has 3 nitrogen and oxygen atoms in total. The minimum atomic E-state index is -0.860. The van der Waals surface area contributed by atoms with Crippen LogP contribution in [-0.4, -0.2) is 16.7 Å². The maximum Gasteiger partial charge on any atom is 0.303 e. The lowest BCUT2D eigenvalue weighted by Crippen LogP contribution is -2.30. The first kappa shape index (κ1) is 10.9. The summed E-state index contributed by atoms with van der Waals surface area (Å²) >= 11 is 0. The largest absolute Gasteiger partial charge is 0.487 e. The van der Waals surface area contributed by atoms with E-state index in [2.05, 4.69) is 0 Å². The summed E-state index contributed by atoms with van der Waals surface area (Å²) in [6.45, 7) is 1.81. The molecule has 0 saturated carbocycles. The number of hydrogen-bond donors (Lipinski definition) is 1. The van der Waals surface area contributed by atoms with Crippen LogP contribution in [0.2, 0.25) is 0 Å². The second-order valence-corrected chi connectivity index (χ2v) is 4.34. The number of carboxylic acid groups (broad SMARTS) is 1. The molecular formula is C12H13FO3. The van der Waals surface area contributed by atoms with Crippen molar-refractivity contribution in [1.82, 2.24) is 0 Å². The molecule has 0 aliphatic carbocycles. The van der Waals surface area contributed by atoms with Crippen molar-refractivity contribution >= 4 is 5.97 Å². The van der Waals surface area contributed by atoms with Crippen LogP contribution in [0.25, 0.3) is 0 Å². The molecule has 1 unspecified atom stereocenters. The molecule has 86 valence electrons. The lowest BCUT2D eigenvalue weighted by molar-refractivity contribution is -0.138. The fraction of sp³-hybridized carbons (Fsp3) is 0.417. The van der Waals surface area contributed by atoms with Gasteiger partial charge < -0.3 is 9.84 Å². The normalized spacial score (nSPS) is 22.6. The Bertz CT molecular complexity index is 430. The number of rotatable bonds is 3. The number of ether oxygens (including phenoxy) is 1. The molecule has 0 aromatic heterocycles. The first-order valence-electron chi connectivity index (χ1n) is 5.18. The Hall–Kier alpha value is -1.58. The standard InChI is InChI=1S/C12H13FO3/c1-12(6-5-11(14)15)7-8-9(13)3-2-4-10(8)16-12/h2-4H,5-7H2,1H3,(H,14,15). The Morgan fingerprint density at radius 1 is 1.62 bits per heavy atom. The van der Waals surface area contributed by atoms with E-state index in [1.807, 2.05) is 6.92 Å². The Balaban J connectivity index is 2.15. The molecule has 1 aromatic rings. The molecule has 0 radical (unpaired) electrons. The molecule has 1 aliphatic rings. The van der Waals surface area contributed by atoms with Gasteiger partial charge in [-0.1, -0.05) is 6.07 Å². The lowest BCUT2D eigenvalue weighted by Gasteiger charge is -2.22. The third kappa shape index (κ3) is 2.01. The predicted octanol–water partition coefficient (Wildman–Crippen LogP) is 2.38. The second-order valence-electron chi connectivity index (χ2n) is 4.34. The van der Waals surface area contributed by atoms with Crippen molar-refractivity contribution in [2.45, 2.75) is 31.8 Å². The van der Waals surface area contributed by atoms with Crippen LogP contribution in [0.15, 0.2) is 18.2 Å². The minimum Gasteiger partial charge on any atom is -0.487 e. The first-order valence-corrected chi connectivity index (χ1v) is 5.18. The Morgan fingerprint density at radius 2 is 2.38 bits per heavy atom. The van der Waals surface area contributed by atoms with Gasteiger partial charge in [-0.15, -0.1) is 0 Å². The van der Waals surface area contributed by atoms with Gasteiger partial charge in [-0.05, 0) is 25.5 Å². The zero-order chi connectivity index (χ0) is 11.8. The first-order chi connectivity index (χ1) is 7.50. The molecule has 4 heteroatoms. The summed E-state index contributed by atoms with van der Waals surface area (Å²) in [5.41, 5.74) is -0.0430. The van der Waals surface area contributed by atoms with Crippen LogP contribution in [0.3, 0.4) is 0 Å². The van der Waals surface area contributed by atoms with Gasteiger partial charge in [0.15, 0.2) is 0 Å². The highest BCUT2D eigenvalue weighted by molar-refractivity contribution is 5.66. The molecule has 0 bridgehead atoms. The molecule has 16 heavy (non-hydrogen) atoms. The fourth-order valence-electron chi connectivity index (χ4n) is 1.99. The van der Waals surface area contributed by atoms with Crippen LogP contribution in [0.4, 0.5) is 4.39 Å². The third-order valence-electron chi connectivity index (χ3n) is 2.85. The molecular weight excluding hydrogens is 211 g/mol. The van der Waals surface area contributed by atoms with Crippen molar-refractivity contribution in [2.24, 2.45) is 0 Å². The van der Waals surface area contributed by atoms with E-state index >= 15 is 0 Å². The Labute approximate surface area is 92.9 Å². The van der Waals surface area contributed by atoms with E-state index in [4.69, 9.17) is 9.84 Å². The maximum absolute atomic E-state index is 13.4. The summed E-state index contributed by atoms with van der Waals surface area (Å²) in [4.78, 5) is 10.5. The van der Waals surface area contributed by atoms with Gasteiger partial charge in [0, 0.05) is 18.4 Å². The number of carboxylic acids is 1. The smallest absolute Gasteiger partial charge is 0.303 e. The lowest BCUT2D eigenvalue weighted by atomic mass is 9.94. The molecule has 1 aliphatic heterocycles. The Kier molecular flexibility index (Phi) is 2.58. The van der Waals surface area contributed by atoms with E-state index < -0.39 is 11.6 Å². The van der Waals surface area contributed by atoms with E-state index in [1.165, 1.54) is 6.07 Å². The van der Waals surface area contributed by atoms with Crippen molar-refractivity contribution in [2.75, 3.05) is 0 Å². The zero-order valence-corrected chi connectivity index (χ0v) is 9.00. The quantitative estimate of drug-likeness (QED) is 0.857. The summed E-state index contributed by atoms with van der Waals surface area (Å²) in [6.07, 6.45) is 0.852. The second kappa shape index (κ2) is 3.77. The molecule has 0 spiro atoms. The predicted molar refractivity (Wildman–Crippen MR) is 56.0 cm³/mol. The molecule has 0 amide bonds. The summed E-state index contributed by atoms with van der Waals surface area (Å²) < 4.78 is 19.1. The molecule has 0 fully saturated rings. The number of aliphatic carboxylic acids is 1. The van der Waals surface area contributed by atoms with Gasteiger partial charge in [0.1, 0.15) is 17.2 Å². The number of hydrogen-bond acceptors (Lipinski definition) is 2. The highest BCUT2D eigenvalue weighted by atomic mass is 19.1. The SMILES string of the molecule is CC1(CCC(=O)O)Cc2c(F)cccc2O1. The van der Waals surface area contributed by atoms with Crippen molar-refractivity contribution in [1.29, 1.82) is 0 Å². The molecule has 1 atom stereocenters.